The zero-order valence-electron chi connectivity index (χ0n) is 15.8. The van der Waals surface area contributed by atoms with Crippen LogP contribution in [0, 0.1) is 0 Å². The number of nitrogens with one attached hydrogen (secondary N) is 1. The van der Waals surface area contributed by atoms with Gasteiger partial charge in [0.1, 0.15) is 16.5 Å². The van der Waals surface area contributed by atoms with Crippen LogP contribution < -0.4 is 9.79 Å². The van der Waals surface area contributed by atoms with Crippen LogP contribution in [0.25, 0.3) is 11.2 Å². The Kier molecular flexibility index (Phi) is 4.27. The van der Waals surface area contributed by atoms with Gasteiger partial charge in [0.2, 0.25) is 0 Å². The van der Waals surface area contributed by atoms with E-state index in [2.05, 4.69) is 77.4 Å². The van der Waals surface area contributed by atoms with Gasteiger partial charge in [-0.1, -0.05) is 58.9 Å². The lowest BCUT2D eigenvalue weighted by Crippen LogP contribution is -2.60. The summed E-state index contributed by atoms with van der Waals surface area (Å²) < 4.78 is 4.55. The number of hydrogen-bond acceptors (Lipinski definition) is 4. The Hall–Kier alpha value is -1.20. The predicted molar refractivity (Wildman–Crippen MR) is 106 cm³/mol. The molecule has 9 heteroatoms. The smallest absolute Gasteiger partial charge is 0.280 e. The fourth-order valence-electron chi connectivity index (χ4n) is 3.14. The van der Waals surface area contributed by atoms with Crippen LogP contribution in [0.2, 0.25) is 58.9 Å². The molecule has 0 atom stereocenters. The lowest BCUT2D eigenvalue weighted by Gasteiger charge is -2.44. The number of imidazole rings is 1. The minimum absolute atomic E-state index is 0.136. The van der Waals surface area contributed by atoms with Gasteiger partial charge in [-0.25, -0.2) is 4.98 Å². The molecular formula is C14H29N5OSi3. The topological polar surface area (TPSA) is 66.8 Å². The van der Waals surface area contributed by atoms with Gasteiger partial charge in [0.05, 0.1) is 6.33 Å². The largest absolute Gasteiger partial charge is 0.396 e. The maximum Gasteiger partial charge on any atom is 0.280 e. The van der Waals surface area contributed by atoms with Crippen molar-refractivity contribution < 1.29 is 0 Å². The highest BCUT2D eigenvalue weighted by atomic mass is 28.4. The number of aromatic nitrogens is 4. The summed E-state index contributed by atoms with van der Waals surface area (Å²) in [4.78, 5) is 24.7. The number of nitrogens with zero attached hydrogens (tertiary/aromatic N) is 4. The van der Waals surface area contributed by atoms with E-state index in [4.69, 9.17) is 4.98 Å². The van der Waals surface area contributed by atoms with Crippen molar-refractivity contribution in [2.45, 2.75) is 58.9 Å². The minimum atomic E-state index is -1.67. The first-order chi connectivity index (χ1) is 10.2. The highest BCUT2D eigenvalue weighted by Gasteiger charge is 2.36. The second-order valence-corrected chi connectivity index (χ2v) is 23.9. The molecule has 0 bridgehead atoms. The van der Waals surface area contributed by atoms with Crippen LogP contribution in [0.4, 0.5) is 5.95 Å². The van der Waals surface area contributed by atoms with Crippen LogP contribution in [-0.2, 0) is 0 Å². The molecule has 2 aromatic heterocycles. The highest BCUT2D eigenvalue weighted by molar-refractivity contribution is 6.99. The van der Waals surface area contributed by atoms with Crippen molar-refractivity contribution in [1.29, 1.82) is 0 Å². The molecule has 6 nitrogen and oxygen atoms in total. The maximum atomic E-state index is 12.5. The molecule has 128 valence electrons. The highest BCUT2D eigenvalue weighted by Crippen LogP contribution is 2.26. The average Bonchev–Trinajstić information content (AvgIpc) is 2.68. The van der Waals surface area contributed by atoms with Crippen molar-refractivity contribution in [1.82, 2.24) is 19.2 Å². The zero-order chi connectivity index (χ0) is 17.8. The second-order valence-electron chi connectivity index (χ2n) is 9.02. The van der Waals surface area contributed by atoms with Crippen molar-refractivity contribution in [3.05, 3.63) is 16.7 Å². The Morgan fingerprint density at radius 2 is 1.52 bits per heavy atom. The SMILES string of the molecule is C[Si](C)(C)N(c1nc2c(ncn2[Si](C)(C)C)c(=O)[nH]1)[Si](C)(C)C. The summed E-state index contributed by atoms with van der Waals surface area (Å²) in [6.07, 6.45) is 1.77. The van der Waals surface area contributed by atoms with Crippen molar-refractivity contribution in [2.24, 2.45) is 0 Å². The predicted octanol–water partition coefficient (Wildman–Crippen LogP) is 3.28. The van der Waals surface area contributed by atoms with Crippen LogP contribution in [0.15, 0.2) is 11.1 Å². The molecule has 0 amide bonds. The summed E-state index contributed by atoms with van der Waals surface area (Å²) in [7, 11) is -5.02. The number of rotatable bonds is 4. The molecule has 0 unspecified atom stereocenters. The molecule has 2 aromatic rings. The van der Waals surface area contributed by atoms with E-state index in [0.29, 0.717) is 5.52 Å². The van der Waals surface area contributed by atoms with Gasteiger partial charge in [0.15, 0.2) is 25.3 Å². The normalized spacial score (nSPS) is 13.6. The number of fused-ring (bicyclic) bond motifs is 1. The Bertz CT molecular complexity index is 763. The van der Waals surface area contributed by atoms with Crippen molar-refractivity contribution in [2.75, 3.05) is 4.23 Å². The molecule has 2 heterocycles. The van der Waals surface area contributed by atoms with Gasteiger partial charge in [0, 0.05) is 0 Å². The first-order valence-corrected chi connectivity index (χ1v) is 18.4. The molecule has 0 aromatic carbocycles. The molecule has 0 fully saturated rings. The van der Waals surface area contributed by atoms with Crippen LogP contribution in [-0.4, -0.2) is 43.9 Å². The van der Waals surface area contributed by atoms with E-state index in [1.165, 1.54) is 0 Å². The Balaban J connectivity index is 2.78. The molecule has 0 aliphatic carbocycles. The molecule has 0 saturated heterocycles. The Morgan fingerprint density at radius 1 is 1.00 bits per heavy atom. The van der Waals surface area contributed by atoms with Crippen molar-refractivity contribution in [3.63, 3.8) is 0 Å². The van der Waals surface area contributed by atoms with E-state index in [-0.39, 0.29) is 5.56 Å². The van der Waals surface area contributed by atoms with E-state index in [1.807, 2.05) is 0 Å². The molecule has 2 rings (SSSR count). The van der Waals surface area contributed by atoms with Crippen molar-refractivity contribution >= 4 is 41.8 Å². The Morgan fingerprint density at radius 3 is 1.96 bits per heavy atom. The van der Waals surface area contributed by atoms with Crippen molar-refractivity contribution in [3.8, 4) is 0 Å². The summed E-state index contributed by atoms with van der Waals surface area (Å²) >= 11 is 0. The molecule has 0 saturated carbocycles. The van der Waals surface area contributed by atoms with Crippen LogP contribution in [0.1, 0.15) is 0 Å². The molecule has 0 spiro atoms. The maximum absolute atomic E-state index is 12.5. The monoisotopic (exact) mass is 367 g/mol. The van der Waals surface area contributed by atoms with Gasteiger partial charge in [-0.15, -0.1) is 0 Å². The number of hydrogen-bond donors (Lipinski definition) is 1. The molecule has 0 aliphatic heterocycles. The molecular weight excluding hydrogens is 338 g/mol. The van der Waals surface area contributed by atoms with Crippen LogP contribution in [0.5, 0.6) is 0 Å². The van der Waals surface area contributed by atoms with Gasteiger partial charge < -0.3 is 8.46 Å². The van der Waals surface area contributed by atoms with Gasteiger partial charge >= 0.3 is 0 Å². The van der Waals surface area contributed by atoms with Gasteiger partial charge in [-0.2, -0.15) is 4.98 Å². The fraction of sp³-hybridized carbons (Fsp3) is 0.643. The molecule has 0 aliphatic rings. The lowest BCUT2D eigenvalue weighted by molar-refractivity contribution is 1.08. The van der Waals surface area contributed by atoms with Crippen LogP contribution >= 0.6 is 0 Å². The quantitative estimate of drug-likeness (QED) is 0.842. The zero-order valence-corrected chi connectivity index (χ0v) is 18.8. The minimum Gasteiger partial charge on any atom is -0.396 e. The third kappa shape index (κ3) is 3.50. The van der Waals surface area contributed by atoms with E-state index in [0.717, 1.165) is 11.6 Å². The van der Waals surface area contributed by atoms with E-state index < -0.39 is 24.7 Å². The lowest BCUT2D eigenvalue weighted by atomic mass is 10.5. The first kappa shape index (κ1) is 18.1. The summed E-state index contributed by atoms with van der Waals surface area (Å²) in [5, 5.41) is 0. The summed E-state index contributed by atoms with van der Waals surface area (Å²) in [6, 6.07) is 0. The summed E-state index contributed by atoms with van der Waals surface area (Å²) in [5.41, 5.74) is 1.04. The number of aromatic amines is 1. The van der Waals surface area contributed by atoms with E-state index in [1.54, 1.807) is 6.33 Å². The van der Waals surface area contributed by atoms with Gasteiger partial charge in [-0.05, 0) is 0 Å². The molecule has 0 radical (unpaired) electrons. The second kappa shape index (κ2) is 5.42. The van der Waals surface area contributed by atoms with Crippen LogP contribution in [0.3, 0.4) is 0 Å². The summed E-state index contributed by atoms with van der Waals surface area (Å²) in [5.74, 6) is 0.723. The number of H-pyrrole nitrogens is 1. The standard InChI is InChI=1S/C14H29N5OSi3/c1-21(2,3)18-10-15-11-12(18)16-14(17-13(11)20)19(22(4,5)6)23(7,8)9/h10H,1-9H3,(H,16,17,20). The van der Waals surface area contributed by atoms with E-state index in [9.17, 15) is 4.79 Å². The fourth-order valence-corrected chi connectivity index (χ4v) is 13.9. The third-order valence-corrected chi connectivity index (χ3v) is 12.6. The first-order valence-electron chi connectivity index (χ1n) is 8.01. The van der Waals surface area contributed by atoms with Gasteiger partial charge in [0.25, 0.3) is 5.56 Å². The van der Waals surface area contributed by atoms with E-state index >= 15 is 0 Å². The molecule has 1 N–H and O–H groups in total. The number of anilines is 1. The molecule has 23 heavy (non-hydrogen) atoms. The Labute approximate surface area is 141 Å². The average molecular weight is 368 g/mol. The summed E-state index contributed by atoms with van der Waals surface area (Å²) in [6.45, 7) is 20.5. The third-order valence-electron chi connectivity index (χ3n) is 3.67. The van der Waals surface area contributed by atoms with Gasteiger partial charge in [-0.3, -0.25) is 9.78 Å².